The van der Waals surface area contributed by atoms with E-state index in [1.54, 1.807) is 12.3 Å². The first-order valence-electron chi connectivity index (χ1n) is 8.13. The summed E-state index contributed by atoms with van der Waals surface area (Å²) in [6.07, 6.45) is 5.90. The van der Waals surface area contributed by atoms with E-state index >= 15 is 0 Å². The van der Waals surface area contributed by atoms with Gasteiger partial charge < -0.3 is 14.7 Å². The normalized spacial score (nSPS) is 24.0. The van der Waals surface area contributed by atoms with Gasteiger partial charge in [0.15, 0.2) is 5.69 Å². The summed E-state index contributed by atoms with van der Waals surface area (Å²) in [7, 11) is 0. The lowest BCUT2D eigenvalue weighted by molar-refractivity contribution is 0.0924. The smallest absolute Gasteiger partial charge is 0.273 e. The third-order valence-corrected chi connectivity index (χ3v) is 4.68. The Balaban J connectivity index is 1.40. The molecule has 23 heavy (non-hydrogen) atoms. The Morgan fingerprint density at radius 1 is 1.39 bits per heavy atom. The molecule has 1 aliphatic heterocycles. The standard InChI is InChI=1S/C17H20N4O2/c1-11-9-21(13-3-2-6-18-8-13)10-15(11)19-17(22)14-7-16(23-20-14)12-4-5-12/h2-3,6-8,11-12,15H,4-5,9-10H2,1H3,(H,19,22). The first kappa shape index (κ1) is 14.2. The van der Waals surface area contributed by atoms with E-state index in [1.807, 2.05) is 18.3 Å². The second-order valence-corrected chi connectivity index (χ2v) is 6.56. The lowest BCUT2D eigenvalue weighted by Gasteiger charge is -2.18. The molecule has 1 aliphatic carbocycles. The van der Waals surface area contributed by atoms with Gasteiger partial charge in [0.05, 0.1) is 17.9 Å². The molecule has 2 atom stereocenters. The van der Waals surface area contributed by atoms with Crippen LogP contribution in [0.5, 0.6) is 0 Å². The van der Waals surface area contributed by atoms with Crippen molar-refractivity contribution in [1.29, 1.82) is 0 Å². The highest BCUT2D eigenvalue weighted by molar-refractivity contribution is 5.92. The summed E-state index contributed by atoms with van der Waals surface area (Å²) in [6.45, 7) is 3.84. The van der Waals surface area contributed by atoms with Crippen LogP contribution in [-0.4, -0.2) is 35.2 Å². The molecule has 1 saturated heterocycles. The van der Waals surface area contributed by atoms with E-state index in [4.69, 9.17) is 4.52 Å². The number of carbonyl (C=O) groups excluding carboxylic acids is 1. The predicted molar refractivity (Wildman–Crippen MR) is 85.3 cm³/mol. The highest BCUT2D eigenvalue weighted by Gasteiger charge is 2.33. The summed E-state index contributed by atoms with van der Waals surface area (Å²) in [4.78, 5) is 18.8. The van der Waals surface area contributed by atoms with E-state index in [9.17, 15) is 4.79 Å². The van der Waals surface area contributed by atoms with E-state index in [2.05, 4.69) is 27.3 Å². The number of aromatic nitrogens is 2. The molecule has 2 aromatic heterocycles. The molecule has 1 amide bonds. The quantitative estimate of drug-likeness (QED) is 0.937. The topological polar surface area (TPSA) is 71.3 Å². The Bertz CT molecular complexity index is 696. The summed E-state index contributed by atoms with van der Waals surface area (Å²) in [5.74, 6) is 1.53. The summed E-state index contributed by atoms with van der Waals surface area (Å²) in [5, 5.41) is 7.00. The van der Waals surface area contributed by atoms with E-state index in [0.29, 0.717) is 17.5 Å². The molecule has 6 nitrogen and oxygen atoms in total. The van der Waals surface area contributed by atoms with Crippen LogP contribution in [0.4, 0.5) is 5.69 Å². The fourth-order valence-electron chi connectivity index (χ4n) is 3.11. The van der Waals surface area contributed by atoms with Gasteiger partial charge in [0.1, 0.15) is 5.76 Å². The molecule has 6 heteroatoms. The van der Waals surface area contributed by atoms with Crippen molar-refractivity contribution in [2.75, 3.05) is 18.0 Å². The van der Waals surface area contributed by atoms with Gasteiger partial charge in [-0.05, 0) is 30.9 Å². The highest BCUT2D eigenvalue weighted by atomic mass is 16.5. The van der Waals surface area contributed by atoms with Crippen LogP contribution in [0.25, 0.3) is 0 Å². The van der Waals surface area contributed by atoms with Gasteiger partial charge >= 0.3 is 0 Å². The van der Waals surface area contributed by atoms with Crippen molar-refractivity contribution in [2.24, 2.45) is 5.92 Å². The zero-order valence-corrected chi connectivity index (χ0v) is 13.1. The number of nitrogens with one attached hydrogen (secondary N) is 1. The minimum atomic E-state index is -0.148. The molecule has 2 aromatic rings. The Hall–Kier alpha value is -2.37. The average molecular weight is 312 g/mol. The zero-order valence-electron chi connectivity index (χ0n) is 13.1. The summed E-state index contributed by atoms with van der Waals surface area (Å²) < 4.78 is 5.26. The van der Waals surface area contributed by atoms with Crippen molar-refractivity contribution in [3.8, 4) is 0 Å². The lowest BCUT2D eigenvalue weighted by Crippen LogP contribution is -2.40. The van der Waals surface area contributed by atoms with Crippen LogP contribution in [0.15, 0.2) is 35.1 Å². The maximum absolute atomic E-state index is 12.4. The minimum Gasteiger partial charge on any atom is -0.368 e. The van der Waals surface area contributed by atoms with Gasteiger partial charge in [-0.2, -0.15) is 0 Å². The molecule has 0 spiro atoms. The molecule has 120 valence electrons. The fraction of sp³-hybridized carbons (Fsp3) is 0.471. The number of hydrogen-bond acceptors (Lipinski definition) is 5. The highest BCUT2D eigenvalue weighted by Crippen LogP contribution is 2.40. The second-order valence-electron chi connectivity index (χ2n) is 6.56. The number of carbonyl (C=O) groups is 1. The monoisotopic (exact) mass is 312 g/mol. The second kappa shape index (κ2) is 5.68. The first-order chi connectivity index (χ1) is 11.2. The van der Waals surface area contributed by atoms with Crippen LogP contribution in [0, 0.1) is 5.92 Å². The molecule has 4 rings (SSSR count). The number of anilines is 1. The van der Waals surface area contributed by atoms with Crippen LogP contribution in [-0.2, 0) is 0 Å². The Labute approximate surface area is 134 Å². The summed E-state index contributed by atoms with van der Waals surface area (Å²) in [6, 6.07) is 5.86. The van der Waals surface area contributed by atoms with Crippen molar-refractivity contribution in [1.82, 2.24) is 15.5 Å². The van der Waals surface area contributed by atoms with Crippen molar-refractivity contribution < 1.29 is 9.32 Å². The van der Waals surface area contributed by atoms with E-state index in [0.717, 1.165) is 37.4 Å². The average Bonchev–Trinajstić information content (AvgIpc) is 3.18. The van der Waals surface area contributed by atoms with Crippen LogP contribution in [0.1, 0.15) is 41.9 Å². The number of nitrogens with zero attached hydrogens (tertiary/aromatic N) is 3. The SMILES string of the molecule is CC1CN(c2cccnc2)CC1NC(=O)c1cc(C2CC2)on1. The maximum atomic E-state index is 12.4. The molecular formula is C17H20N4O2. The molecule has 0 aromatic carbocycles. The Kier molecular flexibility index (Phi) is 3.52. The van der Waals surface area contributed by atoms with Crippen LogP contribution >= 0.6 is 0 Å². The molecule has 1 N–H and O–H groups in total. The summed E-state index contributed by atoms with van der Waals surface area (Å²) >= 11 is 0. The van der Waals surface area contributed by atoms with Crippen molar-refractivity contribution in [2.45, 2.75) is 31.7 Å². The van der Waals surface area contributed by atoms with Gasteiger partial charge in [-0.25, -0.2) is 0 Å². The third-order valence-electron chi connectivity index (χ3n) is 4.68. The first-order valence-corrected chi connectivity index (χ1v) is 8.13. The van der Waals surface area contributed by atoms with E-state index in [1.165, 1.54) is 0 Å². The van der Waals surface area contributed by atoms with Crippen molar-refractivity contribution in [3.63, 3.8) is 0 Å². The Morgan fingerprint density at radius 2 is 2.26 bits per heavy atom. The molecule has 2 fully saturated rings. The van der Waals surface area contributed by atoms with Crippen molar-refractivity contribution in [3.05, 3.63) is 42.0 Å². The number of rotatable bonds is 4. The third kappa shape index (κ3) is 2.93. The molecule has 1 saturated carbocycles. The molecule has 2 unspecified atom stereocenters. The van der Waals surface area contributed by atoms with E-state index in [-0.39, 0.29) is 11.9 Å². The van der Waals surface area contributed by atoms with Gasteiger partial charge in [-0.1, -0.05) is 12.1 Å². The fourth-order valence-corrected chi connectivity index (χ4v) is 3.11. The van der Waals surface area contributed by atoms with Gasteiger partial charge in [-0.15, -0.1) is 0 Å². The number of pyridine rings is 1. The molecular weight excluding hydrogens is 292 g/mol. The van der Waals surface area contributed by atoms with Crippen LogP contribution < -0.4 is 10.2 Å². The van der Waals surface area contributed by atoms with Crippen LogP contribution in [0.3, 0.4) is 0 Å². The predicted octanol–water partition coefficient (Wildman–Crippen LogP) is 2.20. The Morgan fingerprint density at radius 3 is 3.00 bits per heavy atom. The lowest BCUT2D eigenvalue weighted by atomic mass is 10.1. The van der Waals surface area contributed by atoms with Gasteiger partial charge in [0, 0.05) is 31.3 Å². The molecule has 0 radical (unpaired) electrons. The van der Waals surface area contributed by atoms with Gasteiger partial charge in [0.25, 0.3) is 5.91 Å². The number of hydrogen-bond donors (Lipinski definition) is 1. The van der Waals surface area contributed by atoms with Gasteiger partial charge in [-0.3, -0.25) is 9.78 Å². The molecule has 0 bridgehead atoms. The zero-order chi connectivity index (χ0) is 15.8. The minimum absolute atomic E-state index is 0.101. The van der Waals surface area contributed by atoms with Crippen LogP contribution in [0.2, 0.25) is 0 Å². The molecule has 2 aliphatic rings. The number of amides is 1. The van der Waals surface area contributed by atoms with E-state index < -0.39 is 0 Å². The van der Waals surface area contributed by atoms with Crippen molar-refractivity contribution >= 4 is 11.6 Å². The summed E-state index contributed by atoms with van der Waals surface area (Å²) in [5.41, 5.74) is 1.48. The molecule has 3 heterocycles. The van der Waals surface area contributed by atoms with Gasteiger partial charge in [0.2, 0.25) is 0 Å². The largest absolute Gasteiger partial charge is 0.368 e. The maximum Gasteiger partial charge on any atom is 0.273 e.